The fourth-order valence-corrected chi connectivity index (χ4v) is 4.25. The van der Waals surface area contributed by atoms with Gasteiger partial charge in [0.2, 0.25) is 5.95 Å². The molecule has 0 radical (unpaired) electrons. The highest BCUT2D eigenvalue weighted by molar-refractivity contribution is 5.94. The third-order valence-corrected chi connectivity index (χ3v) is 6.27. The van der Waals surface area contributed by atoms with Crippen molar-refractivity contribution >= 4 is 28.8 Å². The molecule has 2 N–H and O–H groups in total. The van der Waals surface area contributed by atoms with Crippen LogP contribution in [0.4, 0.5) is 11.6 Å². The van der Waals surface area contributed by atoms with Gasteiger partial charge in [0, 0.05) is 43.1 Å². The van der Waals surface area contributed by atoms with Crippen LogP contribution in [-0.4, -0.2) is 52.8 Å². The van der Waals surface area contributed by atoms with Gasteiger partial charge in [-0.25, -0.2) is 9.97 Å². The number of anilines is 2. The van der Waals surface area contributed by atoms with E-state index in [9.17, 15) is 9.90 Å². The Hall–Kier alpha value is -4.50. The van der Waals surface area contributed by atoms with Gasteiger partial charge in [0.15, 0.2) is 17.8 Å². The highest BCUT2D eigenvalue weighted by atomic mass is 16.5. The molecule has 9 heteroatoms. The Bertz CT molecular complexity index is 1460. The second-order valence-corrected chi connectivity index (χ2v) is 8.66. The zero-order chi connectivity index (χ0) is 25.6. The van der Waals surface area contributed by atoms with Gasteiger partial charge < -0.3 is 24.3 Å². The third kappa shape index (κ3) is 5.52. The lowest BCUT2D eigenvalue weighted by molar-refractivity contribution is 0.110. The van der Waals surface area contributed by atoms with Crippen molar-refractivity contribution in [3.8, 4) is 22.6 Å². The van der Waals surface area contributed by atoms with Gasteiger partial charge in [0.25, 0.3) is 0 Å². The van der Waals surface area contributed by atoms with Crippen molar-refractivity contribution in [3.05, 3.63) is 78.9 Å². The summed E-state index contributed by atoms with van der Waals surface area (Å²) in [7, 11) is 1.80. The number of hydrogen-bond donors (Lipinski definition) is 2. The van der Waals surface area contributed by atoms with Crippen LogP contribution < -0.4 is 10.2 Å². The molecule has 0 bridgehead atoms. The summed E-state index contributed by atoms with van der Waals surface area (Å²) in [5, 5.41) is 17.9. The van der Waals surface area contributed by atoms with Crippen molar-refractivity contribution in [1.82, 2.24) is 15.1 Å². The number of furan rings is 1. The summed E-state index contributed by atoms with van der Waals surface area (Å²) in [5.74, 6) is 1.70. The van der Waals surface area contributed by atoms with E-state index in [0.717, 1.165) is 65.1 Å². The lowest BCUT2D eigenvalue weighted by Gasteiger charge is -2.31. The number of benzene rings is 2. The molecule has 0 saturated carbocycles. The average molecular weight is 498 g/mol. The number of nitrogens with zero attached hydrogens (tertiary/aromatic N) is 4. The van der Waals surface area contributed by atoms with Crippen LogP contribution >= 0.6 is 0 Å². The molecule has 0 unspecified atom stereocenters. The zero-order valence-corrected chi connectivity index (χ0v) is 20.4. The van der Waals surface area contributed by atoms with E-state index in [4.69, 9.17) is 4.52 Å². The second kappa shape index (κ2) is 11.0. The topological polar surface area (TPSA) is 118 Å². The number of hydrogen-bond acceptors (Lipinski definition) is 9. The van der Waals surface area contributed by atoms with E-state index in [1.54, 1.807) is 25.4 Å². The molecule has 3 aromatic heterocycles. The normalized spacial score (nSPS) is 13.7. The first-order valence-corrected chi connectivity index (χ1v) is 12.1. The van der Waals surface area contributed by atoms with Crippen molar-refractivity contribution in [2.45, 2.75) is 18.9 Å². The minimum Gasteiger partial charge on any atom is -0.462 e. The molecule has 1 saturated heterocycles. The summed E-state index contributed by atoms with van der Waals surface area (Å²) in [4.78, 5) is 20.8. The van der Waals surface area contributed by atoms with Gasteiger partial charge in [-0.3, -0.25) is 4.79 Å². The van der Waals surface area contributed by atoms with Gasteiger partial charge in [-0.15, -0.1) is 0 Å². The van der Waals surface area contributed by atoms with Crippen LogP contribution in [0.25, 0.3) is 33.5 Å². The highest BCUT2D eigenvalue weighted by Gasteiger charge is 2.18. The molecule has 0 aliphatic carbocycles. The molecule has 1 fully saturated rings. The second-order valence-electron chi connectivity index (χ2n) is 8.66. The number of aromatic nitrogens is 3. The molecule has 0 spiro atoms. The van der Waals surface area contributed by atoms with Crippen LogP contribution in [0.5, 0.6) is 0 Å². The minimum atomic E-state index is -0.172. The predicted octanol–water partition coefficient (Wildman–Crippen LogP) is 5.05. The molecule has 1 aliphatic rings. The molecule has 9 nitrogen and oxygen atoms in total. The zero-order valence-electron chi connectivity index (χ0n) is 20.4. The number of fused-ring (bicyclic) bond motifs is 1. The number of rotatable bonds is 5. The third-order valence-electron chi connectivity index (χ3n) is 6.27. The van der Waals surface area contributed by atoms with Gasteiger partial charge in [-0.1, -0.05) is 11.2 Å². The van der Waals surface area contributed by atoms with Crippen molar-refractivity contribution in [3.63, 3.8) is 0 Å². The maximum absolute atomic E-state index is 9.77. The van der Waals surface area contributed by atoms with Gasteiger partial charge in [-0.05, 0) is 67.4 Å². The van der Waals surface area contributed by atoms with Crippen molar-refractivity contribution in [2.24, 2.45) is 0 Å². The molecule has 4 heterocycles. The van der Waals surface area contributed by atoms with Crippen molar-refractivity contribution < 1.29 is 18.8 Å². The van der Waals surface area contributed by atoms with Crippen LogP contribution in [0.2, 0.25) is 0 Å². The van der Waals surface area contributed by atoms with E-state index < -0.39 is 0 Å². The van der Waals surface area contributed by atoms with Crippen molar-refractivity contribution in [2.75, 3.05) is 30.4 Å². The van der Waals surface area contributed by atoms with Crippen LogP contribution in [0, 0.1) is 0 Å². The maximum Gasteiger partial charge on any atom is 0.222 e. The predicted molar refractivity (Wildman–Crippen MR) is 142 cm³/mol. The van der Waals surface area contributed by atoms with E-state index in [1.807, 2.05) is 18.2 Å². The summed E-state index contributed by atoms with van der Waals surface area (Å²) >= 11 is 0. The maximum atomic E-state index is 9.77. The van der Waals surface area contributed by atoms with Gasteiger partial charge in [0.05, 0.1) is 23.4 Å². The van der Waals surface area contributed by atoms with Crippen LogP contribution in [0.1, 0.15) is 23.4 Å². The van der Waals surface area contributed by atoms with Gasteiger partial charge >= 0.3 is 0 Å². The number of carbonyl (C=O) groups excluding carboxylic acids is 1. The van der Waals surface area contributed by atoms with Crippen molar-refractivity contribution in [1.29, 1.82) is 0 Å². The molecule has 1 aliphatic heterocycles. The van der Waals surface area contributed by atoms with Gasteiger partial charge in [-0.2, -0.15) is 0 Å². The first kappa shape index (κ1) is 24.2. The Labute approximate surface area is 213 Å². The largest absolute Gasteiger partial charge is 0.462 e. The van der Waals surface area contributed by atoms with E-state index in [-0.39, 0.29) is 6.10 Å². The van der Waals surface area contributed by atoms with E-state index in [0.29, 0.717) is 18.0 Å². The summed E-state index contributed by atoms with van der Waals surface area (Å²) in [6, 6.07) is 19.5. The first-order chi connectivity index (χ1) is 18.1. The van der Waals surface area contributed by atoms with Crippen LogP contribution in [0.15, 0.2) is 82.1 Å². The Morgan fingerprint density at radius 2 is 1.84 bits per heavy atom. The lowest BCUT2D eigenvalue weighted by Crippen LogP contribution is -2.35. The summed E-state index contributed by atoms with van der Waals surface area (Å²) in [5.41, 5.74) is 4.77. The van der Waals surface area contributed by atoms with Crippen LogP contribution in [-0.2, 0) is 0 Å². The van der Waals surface area contributed by atoms with Gasteiger partial charge in [0.1, 0.15) is 5.52 Å². The first-order valence-electron chi connectivity index (χ1n) is 12.1. The number of carbonyl (C=O) groups is 1. The number of piperidine rings is 1. The monoisotopic (exact) mass is 497 g/mol. The summed E-state index contributed by atoms with van der Waals surface area (Å²) in [6.07, 6.45) is 5.33. The smallest absolute Gasteiger partial charge is 0.222 e. The molecule has 2 aromatic carbocycles. The number of aliphatic hydroxyl groups excluding tert-OH is 1. The molecule has 37 heavy (non-hydrogen) atoms. The Kier molecular flexibility index (Phi) is 7.23. The average Bonchev–Trinajstić information content (AvgIpc) is 3.64. The Balaban J connectivity index is 0.000000348. The Morgan fingerprint density at radius 3 is 2.51 bits per heavy atom. The molecular formula is C28H27N5O4. The molecule has 5 aromatic rings. The highest BCUT2D eigenvalue weighted by Crippen LogP contribution is 2.33. The minimum absolute atomic E-state index is 0.172. The molecular weight excluding hydrogens is 470 g/mol. The van der Waals surface area contributed by atoms with E-state index >= 15 is 0 Å². The molecule has 188 valence electrons. The Morgan fingerprint density at radius 1 is 1.05 bits per heavy atom. The fraction of sp³-hybridized carbons (Fsp3) is 0.214. The number of nitrogens with one attached hydrogen (secondary N) is 1. The molecule has 0 amide bonds. The quantitative estimate of drug-likeness (QED) is 0.322. The van der Waals surface area contributed by atoms with Crippen LogP contribution in [0.3, 0.4) is 0 Å². The number of aldehydes is 1. The lowest BCUT2D eigenvalue weighted by atomic mass is 10.0. The fourth-order valence-electron chi connectivity index (χ4n) is 4.25. The molecule has 0 atom stereocenters. The molecule has 6 rings (SSSR count). The van der Waals surface area contributed by atoms with E-state index in [1.165, 1.54) is 6.26 Å². The standard InChI is InChI=1S/C23H23N5O2.C5H4O2/c1-24-23-25-11-8-20(26-23)16-4-7-21-19(14-16)22(30-27-21)15-2-5-17(6-3-15)28-12-9-18(29)10-13-28;6-4-5-2-1-3-7-5/h2-8,11,14,18,29H,9-10,12-13H2,1H3,(H,24,25,26);1-4H. The summed E-state index contributed by atoms with van der Waals surface area (Å²) < 4.78 is 10.3. The number of aliphatic hydroxyl groups is 1. The van der Waals surface area contributed by atoms with E-state index in [2.05, 4.69) is 60.1 Å². The SMILES string of the molecule is CNc1nccc(-c2ccc3noc(-c4ccc(N5CCC(O)CC5)cc4)c3c2)n1.O=Cc1ccco1. The summed E-state index contributed by atoms with van der Waals surface area (Å²) in [6.45, 7) is 1.76.